The van der Waals surface area contributed by atoms with Crippen molar-refractivity contribution in [3.8, 4) is 0 Å². The van der Waals surface area contributed by atoms with Crippen LogP contribution in [-0.2, 0) is 9.05 Å². The first-order valence-electron chi connectivity index (χ1n) is 4.00. The maximum absolute atomic E-state index is 11.4. The molecule has 0 aliphatic rings. The molecule has 78 valence electrons. The van der Waals surface area contributed by atoms with Gasteiger partial charge in [-0.2, -0.15) is 0 Å². The maximum atomic E-state index is 11.4. The van der Waals surface area contributed by atoms with Crippen LogP contribution in [-0.4, -0.2) is 13.0 Å². The first-order chi connectivity index (χ1) is 6.34. The summed E-state index contributed by atoms with van der Waals surface area (Å²) in [6.45, 7) is 3.43. The Morgan fingerprint density at radius 1 is 1.36 bits per heavy atom. The number of hydrogen-bond donors (Lipinski definition) is 0. The molecule has 4 nitrogen and oxygen atoms in total. The van der Waals surface area contributed by atoms with Crippen molar-refractivity contribution >= 4 is 19.7 Å². The number of rotatable bonds is 2. The minimum absolute atomic E-state index is 0.165. The van der Waals surface area contributed by atoms with Crippen LogP contribution in [0.15, 0.2) is 28.0 Å². The lowest BCUT2D eigenvalue weighted by Gasteiger charge is -2.12. The monoisotopic (exact) mass is 235 g/mol. The molecule has 14 heavy (non-hydrogen) atoms. The van der Waals surface area contributed by atoms with Gasteiger partial charge < -0.3 is 0 Å². The molecule has 0 spiro atoms. The van der Waals surface area contributed by atoms with E-state index in [2.05, 4.69) is 0 Å². The normalized spacial score (nSPS) is 12.0. The molecule has 0 saturated heterocycles. The lowest BCUT2D eigenvalue weighted by molar-refractivity contribution is 0.515. The first-order valence-corrected chi connectivity index (χ1v) is 6.31. The summed E-state index contributed by atoms with van der Waals surface area (Å²) in [6.07, 6.45) is 0. The molecular formula is C8H10ClNO3S. The Bertz CT molecular complexity index is 490. The van der Waals surface area contributed by atoms with Gasteiger partial charge in [-0.05, 0) is 19.9 Å². The van der Waals surface area contributed by atoms with Gasteiger partial charge >= 0.3 is 0 Å². The van der Waals surface area contributed by atoms with E-state index in [1.165, 1.54) is 18.2 Å². The van der Waals surface area contributed by atoms with Gasteiger partial charge in [0.15, 0.2) is 5.03 Å². The molecule has 0 fully saturated rings. The average molecular weight is 236 g/mol. The smallest absolute Gasteiger partial charge is 0.276 e. The quantitative estimate of drug-likeness (QED) is 0.728. The first kappa shape index (κ1) is 11.3. The minimum Gasteiger partial charge on any atom is -0.296 e. The number of nitrogens with zero attached hydrogens (tertiary/aromatic N) is 1. The third-order valence-electron chi connectivity index (χ3n) is 1.72. The molecule has 1 heterocycles. The van der Waals surface area contributed by atoms with Crippen LogP contribution in [0.3, 0.4) is 0 Å². The van der Waals surface area contributed by atoms with E-state index in [-0.39, 0.29) is 16.6 Å². The zero-order valence-corrected chi connectivity index (χ0v) is 9.34. The van der Waals surface area contributed by atoms with Crippen LogP contribution in [0.5, 0.6) is 0 Å². The van der Waals surface area contributed by atoms with Crippen molar-refractivity contribution in [2.24, 2.45) is 0 Å². The SMILES string of the molecule is CC(C)n1c(S(=O)(=O)Cl)cccc1=O. The van der Waals surface area contributed by atoms with Crippen molar-refractivity contribution in [3.05, 3.63) is 28.6 Å². The molecule has 6 heteroatoms. The second-order valence-electron chi connectivity index (χ2n) is 3.10. The van der Waals surface area contributed by atoms with E-state index in [1.54, 1.807) is 13.8 Å². The zero-order valence-electron chi connectivity index (χ0n) is 7.77. The summed E-state index contributed by atoms with van der Waals surface area (Å²) in [6, 6.07) is 3.73. The second kappa shape index (κ2) is 3.74. The molecule has 0 aliphatic heterocycles. The highest BCUT2D eigenvalue weighted by atomic mass is 35.7. The van der Waals surface area contributed by atoms with Crippen LogP contribution >= 0.6 is 10.7 Å². The van der Waals surface area contributed by atoms with Gasteiger partial charge in [0.25, 0.3) is 14.6 Å². The average Bonchev–Trinajstić information content (AvgIpc) is 2.01. The topological polar surface area (TPSA) is 56.1 Å². The van der Waals surface area contributed by atoms with E-state index >= 15 is 0 Å². The Morgan fingerprint density at radius 3 is 2.29 bits per heavy atom. The fourth-order valence-corrected chi connectivity index (χ4v) is 2.34. The second-order valence-corrected chi connectivity index (χ2v) is 5.62. The van der Waals surface area contributed by atoms with Crippen molar-refractivity contribution < 1.29 is 8.42 Å². The Morgan fingerprint density at radius 2 is 1.93 bits per heavy atom. The molecule has 0 atom stereocenters. The molecule has 0 bridgehead atoms. The van der Waals surface area contributed by atoms with Gasteiger partial charge in [-0.15, -0.1) is 0 Å². The lowest BCUT2D eigenvalue weighted by Crippen LogP contribution is -2.24. The highest BCUT2D eigenvalue weighted by molar-refractivity contribution is 8.13. The predicted molar refractivity (Wildman–Crippen MR) is 54.1 cm³/mol. The summed E-state index contributed by atoms with van der Waals surface area (Å²) < 4.78 is 23.4. The van der Waals surface area contributed by atoms with E-state index in [0.29, 0.717) is 0 Å². The fraction of sp³-hybridized carbons (Fsp3) is 0.375. The Kier molecular flexibility index (Phi) is 3.01. The van der Waals surface area contributed by atoms with E-state index in [9.17, 15) is 13.2 Å². The molecule has 0 radical (unpaired) electrons. The van der Waals surface area contributed by atoms with Gasteiger partial charge in [0.05, 0.1) is 0 Å². The molecule has 1 rings (SSSR count). The van der Waals surface area contributed by atoms with E-state index in [0.717, 1.165) is 4.57 Å². The third kappa shape index (κ3) is 2.16. The summed E-state index contributed by atoms with van der Waals surface area (Å²) in [5, 5.41) is -0.165. The van der Waals surface area contributed by atoms with E-state index in [1.807, 2.05) is 0 Å². The van der Waals surface area contributed by atoms with Crippen LogP contribution < -0.4 is 5.56 Å². The summed E-state index contributed by atoms with van der Waals surface area (Å²) >= 11 is 0. The molecule has 0 N–H and O–H groups in total. The van der Waals surface area contributed by atoms with Crippen LogP contribution in [0, 0.1) is 0 Å². The molecular weight excluding hydrogens is 226 g/mol. The van der Waals surface area contributed by atoms with Crippen LogP contribution in [0.1, 0.15) is 19.9 Å². The predicted octanol–water partition coefficient (Wildman–Crippen LogP) is 1.36. The maximum Gasteiger partial charge on any atom is 0.276 e. The highest BCUT2D eigenvalue weighted by Gasteiger charge is 2.17. The molecule has 1 aromatic rings. The molecule has 1 aromatic heterocycles. The standard InChI is InChI=1S/C8H10ClNO3S/c1-6(2)10-7(11)4-3-5-8(10)14(9,12)13/h3-6H,1-2H3. The van der Waals surface area contributed by atoms with Gasteiger partial charge in [0.1, 0.15) is 0 Å². The van der Waals surface area contributed by atoms with Crippen molar-refractivity contribution in [3.63, 3.8) is 0 Å². The molecule has 0 amide bonds. The van der Waals surface area contributed by atoms with Gasteiger partial charge in [-0.1, -0.05) is 6.07 Å². The number of hydrogen-bond acceptors (Lipinski definition) is 3. The minimum atomic E-state index is -3.87. The van der Waals surface area contributed by atoms with Gasteiger partial charge in [-0.3, -0.25) is 9.36 Å². The summed E-state index contributed by atoms with van der Waals surface area (Å²) in [4.78, 5) is 11.4. The van der Waals surface area contributed by atoms with Gasteiger partial charge in [0, 0.05) is 22.8 Å². The summed E-state index contributed by atoms with van der Waals surface area (Å²) in [7, 11) is 1.33. The fourth-order valence-electron chi connectivity index (χ4n) is 1.19. The lowest BCUT2D eigenvalue weighted by atomic mass is 10.3. The highest BCUT2D eigenvalue weighted by Crippen LogP contribution is 2.16. The van der Waals surface area contributed by atoms with E-state index in [4.69, 9.17) is 10.7 Å². The van der Waals surface area contributed by atoms with E-state index < -0.39 is 9.05 Å². The summed E-state index contributed by atoms with van der Waals surface area (Å²) in [5.74, 6) is 0. The number of halogens is 1. The number of pyridine rings is 1. The van der Waals surface area contributed by atoms with Gasteiger partial charge in [0.2, 0.25) is 0 Å². The van der Waals surface area contributed by atoms with Crippen molar-refractivity contribution in [1.82, 2.24) is 4.57 Å². The van der Waals surface area contributed by atoms with Crippen molar-refractivity contribution in [2.75, 3.05) is 0 Å². The van der Waals surface area contributed by atoms with Crippen LogP contribution in [0.2, 0.25) is 0 Å². The Balaban J connectivity index is 3.61. The number of aromatic nitrogens is 1. The van der Waals surface area contributed by atoms with Crippen LogP contribution in [0.25, 0.3) is 0 Å². The summed E-state index contributed by atoms with van der Waals surface area (Å²) in [5.41, 5.74) is -0.373. The van der Waals surface area contributed by atoms with Crippen LogP contribution in [0.4, 0.5) is 0 Å². The molecule has 0 aliphatic carbocycles. The Hall–Kier alpha value is -0.810. The molecule has 0 unspecified atom stereocenters. The largest absolute Gasteiger partial charge is 0.296 e. The third-order valence-corrected chi connectivity index (χ3v) is 3.03. The molecule has 0 aromatic carbocycles. The van der Waals surface area contributed by atoms with Crippen molar-refractivity contribution in [2.45, 2.75) is 24.9 Å². The Labute approximate surface area is 86.5 Å². The van der Waals surface area contributed by atoms with Crippen molar-refractivity contribution in [1.29, 1.82) is 0 Å². The van der Waals surface area contributed by atoms with Gasteiger partial charge in [-0.25, -0.2) is 8.42 Å². The zero-order chi connectivity index (χ0) is 10.9. The molecule has 0 saturated carbocycles.